The van der Waals surface area contributed by atoms with Crippen molar-refractivity contribution in [3.63, 3.8) is 0 Å². The maximum Gasteiger partial charge on any atom is 0.136 e. The minimum Gasteiger partial charge on any atom is -0.305 e. The number of nitrogens with zero attached hydrogens (tertiary/aromatic N) is 2. The van der Waals surface area contributed by atoms with E-state index in [-0.39, 0.29) is 0 Å². The Bertz CT molecular complexity index is 252. The van der Waals surface area contributed by atoms with Crippen LogP contribution < -0.4 is 0 Å². The molecule has 1 saturated carbocycles. The summed E-state index contributed by atoms with van der Waals surface area (Å²) in [5.41, 5.74) is 0. The van der Waals surface area contributed by atoms with Crippen molar-refractivity contribution in [2.24, 2.45) is 5.92 Å². The van der Waals surface area contributed by atoms with E-state index in [4.69, 9.17) is 0 Å². The number of hydrogen-bond donors (Lipinski definition) is 0. The molecule has 0 aromatic carbocycles. The number of carbonyl (C=O) groups is 1. The van der Waals surface area contributed by atoms with Crippen LogP contribution in [0.2, 0.25) is 0 Å². The molecule has 92 valence electrons. The lowest BCUT2D eigenvalue weighted by Gasteiger charge is -2.21. The predicted molar refractivity (Wildman–Crippen MR) is 65.5 cm³/mol. The molecule has 2 rings (SSSR count). The number of carbonyl (C=O) groups excluding carboxylic acids is 1. The van der Waals surface area contributed by atoms with E-state index in [9.17, 15) is 4.79 Å². The van der Waals surface area contributed by atoms with Gasteiger partial charge in [-0.3, -0.25) is 4.79 Å². The molecule has 2 aliphatic rings. The zero-order valence-corrected chi connectivity index (χ0v) is 10.6. The molecule has 0 aromatic heterocycles. The van der Waals surface area contributed by atoms with Crippen LogP contribution in [-0.4, -0.2) is 55.4 Å². The Hall–Kier alpha value is -0.410. The van der Waals surface area contributed by atoms with Crippen LogP contribution in [-0.2, 0) is 4.79 Å². The van der Waals surface area contributed by atoms with Gasteiger partial charge in [-0.1, -0.05) is 0 Å². The largest absolute Gasteiger partial charge is 0.305 e. The van der Waals surface area contributed by atoms with Crippen LogP contribution in [0.15, 0.2) is 0 Å². The highest BCUT2D eigenvalue weighted by atomic mass is 16.1. The van der Waals surface area contributed by atoms with E-state index in [2.05, 4.69) is 23.9 Å². The van der Waals surface area contributed by atoms with Crippen LogP contribution >= 0.6 is 0 Å². The van der Waals surface area contributed by atoms with Crippen LogP contribution in [0.4, 0.5) is 0 Å². The van der Waals surface area contributed by atoms with Crippen molar-refractivity contribution in [3.05, 3.63) is 0 Å². The van der Waals surface area contributed by atoms with Crippen molar-refractivity contribution in [2.45, 2.75) is 38.1 Å². The minimum atomic E-state index is 0.387. The lowest BCUT2D eigenvalue weighted by atomic mass is 10.0. The van der Waals surface area contributed by atoms with Crippen molar-refractivity contribution in [2.75, 3.05) is 33.7 Å². The Morgan fingerprint density at radius 3 is 2.75 bits per heavy atom. The lowest BCUT2D eigenvalue weighted by Crippen LogP contribution is -2.32. The molecule has 3 heteroatoms. The third-order valence-corrected chi connectivity index (χ3v) is 4.20. The number of likely N-dealkylation sites (tertiary alicyclic amines) is 1. The molecular weight excluding hydrogens is 200 g/mol. The van der Waals surface area contributed by atoms with Gasteiger partial charge >= 0.3 is 0 Å². The molecule has 1 heterocycles. The minimum absolute atomic E-state index is 0.387. The van der Waals surface area contributed by atoms with E-state index in [1.165, 1.54) is 19.5 Å². The number of hydrogen-bond acceptors (Lipinski definition) is 3. The predicted octanol–water partition coefficient (Wildman–Crippen LogP) is 1.38. The monoisotopic (exact) mass is 224 g/mol. The van der Waals surface area contributed by atoms with E-state index >= 15 is 0 Å². The van der Waals surface area contributed by atoms with Gasteiger partial charge in [0.2, 0.25) is 0 Å². The molecule has 0 bridgehead atoms. The number of Topliss-reactive ketones (excluding diaryl/α,β-unsaturated/α-hetero) is 1. The van der Waals surface area contributed by atoms with Crippen molar-refractivity contribution in [1.82, 2.24) is 9.80 Å². The van der Waals surface area contributed by atoms with Gasteiger partial charge in [-0.05, 0) is 52.9 Å². The molecule has 0 aromatic rings. The molecule has 0 radical (unpaired) electrons. The first kappa shape index (κ1) is 12.1. The topological polar surface area (TPSA) is 23.6 Å². The zero-order chi connectivity index (χ0) is 11.5. The summed E-state index contributed by atoms with van der Waals surface area (Å²) < 4.78 is 0. The van der Waals surface area contributed by atoms with Crippen molar-refractivity contribution >= 4 is 5.78 Å². The second-order valence-electron chi connectivity index (χ2n) is 5.55. The summed E-state index contributed by atoms with van der Waals surface area (Å²) in [7, 11) is 4.32. The second-order valence-corrected chi connectivity index (χ2v) is 5.55. The van der Waals surface area contributed by atoms with E-state index in [0.29, 0.717) is 11.7 Å². The zero-order valence-electron chi connectivity index (χ0n) is 10.6. The summed E-state index contributed by atoms with van der Waals surface area (Å²) in [5.74, 6) is 0.904. The maximum absolute atomic E-state index is 11.5. The summed E-state index contributed by atoms with van der Waals surface area (Å²) in [5, 5.41) is 0. The molecule has 2 fully saturated rings. The van der Waals surface area contributed by atoms with Gasteiger partial charge in [0.15, 0.2) is 0 Å². The van der Waals surface area contributed by atoms with Gasteiger partial charge in [-0.15, -0.1) is 0 Å². The maximum atomic E-state index is 11.5. The van der Waals surface area contributed by atoms with Gasteiger partial charge in [-0.25, -0.2) is 0 Å². The lowest BCUT2D eigenvalue weighted by molar-refractivity contribution is -0.120. The fraction of sp³-hybridized carbons (Fsp3) is 0.923. The highest BCUT2D eigenvalue weighted by molar-refractivity contribution is 5.82. The van der Waals surface area contributed by atoms with E-state index in [0.717, 1.165) is 38.3 Å². The van der Waals surface area contributed by atoms with Crippen molar-refractivity contribution in [3.8, 4) is 0 Å². The number of likely N-dealkylation sites (N-methyl/N-ethyl adjacent to an activating group) is 1. The van der Waals surface area contributed by atoms with Crippen LogP contribution in [0, 0.1) is 5.92 Å². The first-order chi connectivity index (χ1) is 7.66. The molecule has 3 nitrogen and oxygen atoms in total. The first-order valence-electron chi connectivity index (χ1n) is 6.58. The molecule has 2 atom stereocenters. The summed E-state index contributed by atoms with van der Waals surface area (Å²) in [6.07, 6.45) is 5.49. The average Bonchev–Trinajstić information content (AvgIpc) is 2.83. The smallest absolute Gasteiger partial charge is 0.136 e. The van der Waals surface area contributed by atoms with Crippen LogP contribution in [0.5, 0.6) is 0 Å². The highest BCUT2D eigenvalue weighted by Crippen LogP contribution is 2.25. The molecule has 1 aliphatic carbocycles. The summed E-state index contributed by atoms with van der Waals surface area (Å²) in [6.45, 7) is 3.53. The highest BCUT2D eigenvalue weighted by Gasteiger charge is 2.27. The fourth-order valence-corrected chi connectivity index (χ4v) is 2.97. The van der Waals surface area contributed by atoms with Crippen LogP contribution in [0.1, 0.15) is 32.1 Å². The Balaban J connectivity index is 1.69. The first-order valence-corrected chi connectivity index (χ1v) is 6.58. The standard InChI is InChI=1S/C13H24N2O/c1-14(2)12-7-9-15(10-12)8-6-11-4-3-5-13(11)16/h11-12H,3-10H2,1-2H3. The molecule has 1 aliphatic heterocycles. The Labute approximate surface area is 98.8 Å². The Kier molecular flexibility index (Phi) is 3.98. The third kappa shape index (κ3) is 2.83. The molecular formula is C13H24N2O. The SMILES string of the molecule is CN(C)C1CCN(CCC2CCCC2=O)C1. The van der Waals surface area contributed by atoms with Gasteiger partial charge in [-0.2, -0.15) is 0 Å². The fourth-order valence-electron chi connectivity index (χ4n) is 2.97. The molecule has 0 spiro atoms. The number of rotatable bonds is 4. The van der Waals surface area contributed by atoms with E-state index in [1.54, 1.807) is 0 Å². The third-order valence-electron chi connectivity index (χ3n) is 4.20. The molecule has 0 amide bonds. The Morgan fingerprint density at radius 1 is 1.38 bits per heavy atom. The molecule has 2 unspecified atom stereocenters. The van der Waals surface area contributed by atoms with Gasteiger partial charge < -0.3 is 9.80 Å². The van der Waals surface area contributed by atoms with Gasteiger partial charge in [0.1, 0.15) is 5.78 Å². The summed E-state index contributed by atoms with van der Waals surface area (Å²) in [4.78, 5) is 16.4. The van der Waals surface area contributed by atoms with E-state index < -0.39 is 0 Å². The summed E-state index contributed by atoms with van der Waals surface area (Å²) in [6, 6.07) is 0.722. The normalized spacial score (nSPS) is 31.8. The van der Waals surface area contributed by atoms with Crippen molar-refractivity contribution < 1.29 is 4.79 Å². The van der Waals surface area contributed by atoms with Crippen LogP contribution in [0.3, 0.4) is 0 Å². The average molecular weight is 224 g/mol. The van der Waals surface area contributed by atoms with Gasteiger partial charge in [0.25, 0.3) is 0 Å². The molecule has 0 N–H and O–H groups in total. The van der Waals surface area contributed by atoms with E-state index in [1.807, 2.05) is 0 Å². The van der Waals surface area contributed by atoms with Crippen LogP contribution in [0.25, 0.3) is 0 Å². The Morgan fingerprint density at radius 2 is 2.19 bits per heavy atom. The quantitative estimate of drug-likeness (QED) is 0.721. The second kappa shape index (κ2) is 5.28. The number of ketones is 1. The summed E-state index contributed by atoms with van der Waals surface area (Å²) >= 11 is 0. The van der Waals surface area contributed by atoms with Crippen molar-refractivity contribution in [1.29, 1.82) is 0 Å². The molecule has 16 heavy (non-hydrogen) atoms. The molecule has 1 saturated heterocycles. The van der Waals surface area contributed by atoms with Gasteiger partial charge in [0.05, 0.1) is 0 Å². The van der Waals surface area contributed by atoms with Gasteiger partial charge in [0, 0.05) is 24.9 Å².